The Bertz CT molecular complexity index is 773. The lowest BCUT2D eigenvalue weighted by atomic mass is 9.97. The van der Waals surface area contributed by atoms with Gasteiger partial charge in [-0.1, -0.05) is 12.1 Å². The standard InChI is InChI=1S/C14H15N5O/c1-14(2,20)10-4-3-9-7-18-19(11(9)5-10)13-6-12(15)16-8-17-13/h3-8,20H,1-2H3,(H2,15,16,17). The van der Waals surface area contributed by atoms with Gasteiger partial charge in [0.25, 0.3) is 0 Å². The third-order valence-corrected chi connectivity index (χ3v) is 3.17. The van der Waals surface area contributed by atoms with E-state index >= 15 is 0 Å². The highest BCUT2D eigenvalue weighted by Crippen LogP contribution is 2.25. The maximum atomic E-state index is 10.1. The van der Waals surface area contributed by atoms with Crippen LogP contribution in [0.2, 0.25) is 0 Å². The topological polar surface area (TPSA) is 89.9 Å². The molecule has 3 rings (SSSR count). The first kappa shape index (κ1) is 12.6. The minimum atomic E-state index is -0.909. The number of nitrogens with zero attached hydrogens (tertiary/aromatic N) is 4. The van der Waals surface area contributed by atoms with Crippen molar-refractivity contribution in [3.8, 4) is 5.82 Å². The fourth-order valence-corrected chi connectivity index (χ4v) is 2.06. The molecule has 0 unspecified atom stereocenters. The number of rotatable bonds is 2. The second-order valence-electron chi connectivity index (χ2n) is 5.19. The maximum Gasteiger partial charge on any atom is 0.159 e. The van der Waals surface area contributed by atoms with Crippen molar-refractivity contribution in [2.75, 3.05) is 5.73 Å². The van der Waals surface area contributed by atoms with Crippen molar-refractivity contribution in [3.05, 3.63) is 42.4 Å². The fraction of sp³-hybridized carbons (Fsp3) is 0.214. The van der Waals surface area contributed by atoms with E-state index in [1.807, 2.05) is 18.2 Å². The molecule has 0 atom stereocenters. The van der Waals surface area contributed by atoms with Gasteiger partial charge in [0, 0.05) is 11.5 Å². The van der Waals surface area contributed by atoms with E-state index < -0.39 is 5.60 Å². The quantitative estimate of drug-likeness (QED) is 0.738. The molecule has 1 aromatic carbocycles. The Kier molecular flexibility index (Phi) is 2.69. The number of nitrogen functional groups attached to an aromatic ring is 1. The predicted molar refractivity (Wildman–Crippen MR) is 76.3 cm³/mol. The zero-order chi connectivity index (χ0) is 14.3. The highest BCUT2D eigenvalue weighted by Gasteiger charge is 2.17. The molecule has 0 aliphatic rings. The van der Waals surface area contributed by atoms with E-state index in [1.165, 1.54) is 6.33 Å². The molecule has 0 saturated heterocycles. The summed E-state index contributed by atoms with van der Waals surface area (Å²) in [7, 11) is 0. The van der Waals surface area contributed by atoms with Crippen molar-refractivity contribution in [3.63, 3.8) is 0 Å². The second kappa shape index (κ2) is 4.28. The molecule has 102 valence electrons. The first-order valence-electron chi connectivity index (χ1n) is 6.24. The lowest BCUT2D eigenvalue weighted by Gasteiger charge is -2.17. The van der Waals surface area contributed by atoms with Crippen LogP contribution in [0.25, 0.3) is 16.7 Å². The summed E-state index contributed by atoms with van der Waals surface area (Å²) in [6.07, 6.45) is 3.15. The summed E-state index contributed by atoms with van der Waals surface area (Å²) in [5.74, 6) is 0.984. The number of benzene rings is 1. The van der Waals surface area contributed by atoms with Gasteiger partial charge in [0.05, 0.1) is 17.3 Å². The average Bonchev–Trinajstić information content (AvgIpc) is 2.80. The van der Waals surface area contributed by atoms with Gasteiger partial charge in [0.1, 0.15) is 12.1 Å². The van der Waals surface area contributed by atoms with Crippen molar-refractivity contribution in [1.82, 2.24) is 19.7 Å². The fourth-order valence-electron chi connectivity index (χ4n) is 2.06. The van der Waals surface area contributed by atoms with E-state index in [2.05, 4.69) is 15.1 Å². The van der Waals surface area contributed by atoms with Crippen LogP contribution in [-0.2, 0) is 5.60 Å². The van der Waals surface area contributed by atoms with Crippen molar-refractivity contribution in [2.45, 2.75) is 19.4 Å². The minimum Gasteiger partial charge on any atom is -0.386 e. The lowest BCUT2D eigenvalue weighted by Crippen LogP contribution is -2.15. The Morgan fingerprint density at radius 1 is 1.20 bits per heavy atom. The first-order valence-corrected chi connectivity index (χ1v) is 6.24. The molecule has 0 aliphatic carbocycles. The van der Waals surface area contributed by atoms with Crippen LogP contribution < -0.4 is 5.73 Å². The van der Waals surface area contributed by atoms with Gasteiger partial charge in [-0.25, -0.2) is 14.6 Å². The Morgan fingerprint density at radius 3 is 2.70 bits per heavy atom. The van der Waals surface area contributed by atoms with Crippen LogP contribution in [0.15, 0.2) is 36.8 Å². The van der Waals surface area contributed by atoms with Gasteiger partial charge < -0.3 is 10.8 Å². The molecule has 0 saturated carbocycles. The van der Waals surface area contributed by atoms with Crippen LogP contribution >= 0.6 is 0 Å². The molecule has 0 bridgehead atoms. The van der Waals surface area contributed by atoms with E-state index in [-0.39, 0.29) is 0 Å². The summed E-state index contributed by atoms with van der Waals surface area (Å²) in [6, 6.07) is 7.38. The molecule has 2 aromatic heterocycles. The Morgan fingerprint density at radius 2 is 2.00 bits per heavy atom. The smallest absolute Gasteiger partial charge is 0.159 e. The third kappa shape index (κ3) is 2.10. The highest BCUT2D eigenvalue weighted by molar-refractivity contribution is 5.81. The van der Waals surface area contributed by atoms with Crippen LogP contribution in [0.1, 0.15) is 19.4 Å². The molecular weight excluding hydrogens is 254 g/mol. The predicted octanol–water partition coefficient (Wildman–Crippen LogP) is 1.63. The van der Waals surface area contributed by atoms with Gasteiger partial charge in [0.15, 0.2) is 5.82 Å². The van der Waals surface area contributed by atoms with E-state index in [1.54, 1.807) is 30.8 Å². The molecule has 0 radical (unpaired) electrons. The number of anilines is 1. The highest BCUT2D eigenvalue weighted by atomic mass is 16.3. The van der Waals surface area contributed by atoms with Gasteiger partial charge in [-0.05, 0) is 25.5 Å². The number of nitrogens with two attached hydrogens (primary N) is 1. The number of fused-ring (bicyclic) bond motifs is 1. The summed E-state index contributed by atoms with van der Waals surface area (Å²) in [4.78, 5) is 8.04. The molecule has 6 heteroatoms. The molecule has 0 fully saturated rings. The number of aliphatic hydroxyl groups is 1. The van der Waals surface area contributed by atoms with Crippen molar-refractivity contribution in [2.24, 2.45) is 0 Å². The molecule has 6 nitrogen and oxygen atoms in total. The largest absolute Gasteiger partial charge is 0.386 e. The minimum absolute atomic E-state index is 0.386. The van der Waals surface area contributed by atoms with Crippen LogP contribution in [0.3, 0.4) is 0 Å². The van der Waals surface area contributed by atoms with Crippen LogP contribution in [0.4, 0.5) is 5.82 Å². The maximum absolute atomic E-state index is 10.1. The normalized spacial score (nSPS) is 11.9. The van der Waals surface area contributed by atoms with Crippen molar-refractivity contribution < 1.29 is 5.11 Å². The van der Waals surface area contributed by atoms with Gasteiger partial charge in [-0.2, -0.15) is 5.10 Å². The SMILES string of the molecule is CC(C)(O)c1ccc2cnn(-c3cc(N)ncn3)c2c1. The average molecular weight is 269 g/mol. The number of aromatic nitrogens is 4. The van der Waals surface area contributed by atoms with Crippen LogP contribution in [-0.4, -0.2) is 24.9 Å². The number of hydrogen-bond acceptors (Lipinski definition) is 5. The molecule has 0 amide bonds. The Balaban J connectivity index is 2.22. The summed E-state index contributed by atoms with van der Waals surface area (Å²) >= 11 is 0. The van der Waals surface area contributed by atoms with E-state index in [9.17, 15) is 5.11 Å². The first-order chi connectivity index (χ1) is 9.45. The molecule has 2 heterocycles. The van der Waals surface area contributed by atoms with Gasteiger partial charge in [-0.3, -0.25) is 0 Å². The summed E-state index contributed by atoms with van der Waals surface area (Å²) in [5.41, 5.74) is 6.44. The van der Waals surface area contributed by atoms with E-state index in [0.717, 1.165) is 16.5 Å². The zero-order valence-corrected chi connectivity index (χ0v) is 11.3. The van der Waals surface area contributed by atoms with Gasteiger partial charge in [-0.15, -0.1) is 0 Å². The summed E-state index contributed by atoms with van der Waals surface area (Å²) in [6.45, 7) is 3.50. The van der Waals surface area contributed by atoms with E-state index in [4.69, 9.17) is 5.73 Å². The van der Waals surface area contributed by atoms with Gasteiger partial charge >= 0.3 is 0 Å². The second-order valence-corrected chi connectivity index (χ2v) is 5.19. The van der Waals surface area contributed by atoms with Crippen molar-refractivity contribution >= 4 is 16.7 Å². The Labute approximate surface area is 115 Å². The summed E-state index contributed by atoms with van der Waals surface area (Å²) in [5, 5.41) is 15.4. The molecule has 3 aromatic rings. The van der Waals surface area contributed by atoms with Crippen LogP contribution in [0, 0.1) is 0 Å². The molecule has 0 aliphatic heterocycles. The summed E-state index contributed by atoms with van der Waals surface area (Å²) < 4.78 is 1.68. The molecular formula is C14H15N5O. The van der Waals surface area contributed by atoms with Crippen molar-refractivity contribution in [1.29, 1.82) is 0 Å². The van der Waals surface area contributed by atoms with Crippen LogP contribution in [0.5, 0.6) is 0 Å². The monoisotopic (exact) mass is 269 g/mol. The Hall–Kier alpha value is -2.47. The van der Waals surface area contributed by atoms with E-state index in [0.29, 0.717) is 11.6 Å². The zero-order valence-electron chi connectivity index (χ0n) is 11.3. The molecule has 20 heavy (non-hydrogen) atoms. The third-order valence-electron chi connectivity index (χ3n) is 3.17. The molecule has 3 N–H and O–H groups in total. The lowest BCUT2D eigenvalue weighted by molar-refractivity contribution is 0.0787. The molecule has 0 spiro atoms. The number of hydrogen-bond donors (Lipinski definition) is 2. The van der Waals surface area contributed by atoms with Gasteiger partial charge in [0.2, 0.25) is 0 Å².